The van der Waals surface area contributed by atoms with Gasteiger partial charge < -0.3 is 5.32 Å². The molecule has 2 heterocycles. The zero-order valence-electron chi connectivity index (χ0n) is 12.9. The van der Waals surface area contributed by atoms with Crippen LogP contribution in [0.15, 0.2) is 24.5 Å². The predicted molar refractivity (Wildman–Crippen MR) is 94.7 cm³/mol. The number of rotatable bonds is 4. The van der Waals surface area contributed by atoms with E-state index in [2.05, 4.69) is 65.6 Å². The van der Waals surface area contributed by atoms with Crippen molar-refractivity contribution in [3.63, 3.8) is 0 Å². The van der Waals surface area contributed by atoms with Gasteiger partial charge in [-0.25, -0.2) is 9.97 Å². The lowest BCUT2D eigenvalue weighted by atomic mass is 9.91. The molecule has 112 valence electrons. The monoisotopic (exact) mass is 396 g/mol. The van der Waals surface area contributed by atoms with Crippen molar-refractivity contribution in [3.05, 3.63) is 45.2 Å². The van der Waals surface area contributed by atoms with Crippen molar-refractivity contribution < 1.29 is 0 Å². The summed E-state index contributed by atoms with van der Waals surface area (Å²) >= 11 is 2.34. The van der Waals surface area contributed by atoms with Crippen LogP contribution >= 0.6 is 22.6 Å². The average molecular weight is 396 g/mol. The van der Waals surface area contributed by atoms with E-state index in [1.54, 1.807) is 12.4 Å². The van der Waals surface area contributed by atoms with Gasteiger partial charge >= 0.3 is 0 Å². The molecule has 0 unspecified atom stereocenters. The molecule has 0 saturated carbocycles. The first-order valence-electron chi connectivity index (χ1n) is 7.11. The van der Waals surface area contributed by atoms with Gasteiger partial charge in [0.1, 0.15) is 11.6 Å². The summed E-state index contributed by atoms with van der Waals surface area (Å²) in [6.07, 6.45) is 4.33. The number of halogens is 1. The van der Waals surface area contributed by atoms with Crippen molar-refractivity contribution in [2.45, 2.75) is 39.5 Å². The Kier molecular flexibility index (Phi) is 5.13. The van der Waals surface area contributed by atoms with Crippen LogP contribution in [0.2, 0.25) is 0 Å². The first-order valence-corrected chi connectivity index (χ1v) is 8.19. The van der Waals surface area contributed by atoms with Gasteiger partial charge in [-0.05, 0) is 47.2 Å². The third-order valence-corrected chi connectivity index (χ3v) is 4.09. The van der Waals surface area contributed by atoms with Crippen LogP contribution in [0, 0.1) is 3.57 Å². The molecule has 0 amide bonds. The first kappa shape index (κ1) is 16.1. The molecule has 0 aliphatic rings. The third kappa shape index (κ3) is 4.12. The lowest BCUT2D eigenvalue weighted by Gasteiger charge is -2.22. The molecular formula is C16H21IN4. The number of pyridine rings is 1. The molecule has 0 aromatic carbocycles. The molecule has 0 atom stereocenters. The van der Waals surface area contributed by atoms with Crippen molar-refractivity contribution in [2.24, 2.45) is 0 Å². The van der Waals surface area contributed by atoms with Crippen LogP contribution in [0.1, 0.15) is 44.8 Å². The van der Waals surface area contributed by atoms with E-state index < -0.39 is 0 Å². The van der Waals surface area contributed by atoms with Crippen molar-refractivity contribution in [1.29, 1.82) is 0 Å². The maximum atomic E-state index is 4.80. The quantitative estimate of drug-likeness (QED) is 0.799. The molecule has 5 heteroatoms. The number of hydrogen-bond acceptors (Lipinski definition) is 4. The molecule has 0 bridgehead atoms. The highest BCUT2D eigenvalue weighted by Crippen LogP contribution is 2.29. The second-order valence-electron chi connectivity index (χ2n) is 5.96. The van der Waals surface area contributed by atoms with Crippen molar-refractivity contribution in [3.8, 4) is 0 Å². The van der Waals surface area contributed by atoms with Crippen LogP contribution in [-0.4, -0.2) is 21.5 Å². The fourth-order valence-electron chi connectivity index (χ4n) is 2.04. The Morgan fingerprint density at radius 1 is 1.14 bits per heavy atom. The van der Waals surface area contributed by atoms with E-state index in [0.717, 1.165) is 33.9 Å². The zero-order valence-corrected chi connectivity index (χ0v) is 15.1. The van der Waals surface area contributed by atoms with Gasteiger partial charge in [0.25, 0.3) is 0 Å². The number of aromatic nitrogens is 3. The minimum absolute atomic E-state index is 0.00335. The van der Waals surface area contributed by atoms with E-state index in [4.69, 9.17) is 4.98 Å². The topological polar surface area (TPSA) is 50.7 Å². The average Bonchev–Trinajstić information content (AvgIpc) is 2.42. The summed E-state index contributed by atoms with van der Waals surface area (Å²) in [5.41, 5.74) is 2.27. The Hall–Kier alpha value is -1.24. The Morgan fingerprint density at radius 2 is 1.81 bits per heavy atom. The lowest BCUT2D eigenvalue weighted by Crippen LogP contribution is -2.20. The predicted octanol–water partition coefficient (Wildman–Crippen LogP) is 3.80. The minimum atomic E-state index is -0.00335. The second-order valence-corrected chi connectivity index (χ2v) is 7.04. The number of nitrogens with one attached hydrogen (secondary N) is 1. The summed E-state index contributed by atoms with van der Waals surface area (Å²) in [5, 5.41) is 3.34. The Labute approximate surface area is 140 Å². The van der Waals surface area contributed by atoms with E-state index in [1.165, 1.54) is 5.56 Å². The molecule has 2 aromatic rings. The van der Waals surface area contributed by atoms with Crippen LogP contribution < -0.4 is 5.32 Å². The molecule has 2 aromatic heterocycles. The smallest absolute Gasteiger partial charge is 0.143 e. The summed E-state index contributed by atoms with van der Waals surface area (Å²) in [7, 11) is 0. The highest BCUT2D eigenvalue weighted by Gasteiger charge is 2.23. The van der Waals surface area contributed by atoms with Gasteiger partial charge in [0.05, 0.1) is 9.26 Å². The Morgan fingerprint density at radius 3 is 2.38 bits per heavy atom. The van der Waals surface area contributed by atoms with E-state index in [9.17, 15) is 0 Å². The van der Waals surface area contributed by atoms with E-state index in [0.29, 0.717) is 0 Å². The fourth-order valence-corrected chi connectivity index (χ4v) is 3.28. The fraction of sp³-hybridized carbons (Fsp3) is 0.438. The molecule has 0 aliphatic heterocycles. The van der Waals surface area contributed by atoms with Gasteiger partial charge in [0.2, 0.25) is 0 Å². The number of hydrogen-bond donors (Lipinski definition) is 1. The van der Waals surface area contributed by atoms with Gasteiger partial charge in [-0.2, -0.15) is 0 Å². The summed E-state index contributed by atoms with van der Waals surface area (Å²) in [6.45, 7) is 9.49. The summed E-state index contributed by atoms with van der Waals surface area (Å²) < 4.78 is 1.11. The molecule has 0 fully saturated rings. The summed E-state index contributed by atoms with van der Waals surface area (Å²) in [6, 6.07) is 4.01. The van der Waals surface area contributed by atoms with Crippen molar-refractivity contribution in [2.75, 3.05) is 11.9 Å². The maximum absolute atomic E-state index is 4.80. The molecule has 0 aliphatic carbocycles. The highest BCUT2D eigenvalue weighted by atomic mass is 127. The second kappa shape index (κ2) is 6.68. The lowest BCUT2D eigenvalue weighted by molar-refractivity contribution is 0.559. The maximum Gasteiger partial charge on any atom is 0.143 e. The molecule has 0 saturated heterocycles. The third-order valence-electron chi connectivity index (χ3n) is 3.06. The normalized spacial score (nSPS) is 11.5. The van der Waals surface area contributed by atoms with Gasteiger partial charge in [-0.15, -0.1) is 0 Å². The van der Waals surface area contributed by atoms with Gasteiger partial charge in [0.15, 0.2) is 0 Å². The van der Waals surface area contributed by atoms with Gasteiger partial charge in [-0.1, -0.05) is 20.8 Å². The SMILES string of the molecule is CCNc1nc(Cc2ccncc2)nc(C(C)(C)C)c1I. The van der Waals surface area contributed by atoms with E-state index in [-0.39, 0.29) is 5.41 Å². The van der Waals surface area contributed by atoms with Crippen LogP contribution in [0.3, 0.4) is 0 Å². The number of nitrogens with zero attached hydrogens (tertiary/aromatic N) is 3. The standard InChI is InChI=1S/C16H21IN4/c1-5-19-15-13(17)14(16(2,3)4)20-12(21-15)10-11-6-8-18-9-7-11/h6-9H,5,10H2,1-4H3,(H,19,20,21). The molecule has 4 nitrogen and oxygen atoms in total. The van der Waals surface area contributed by atoms with E-state index in [1.807, 2.05) is 12.1 Å². The van der Waals surface area contributed by atoms with Crippen LogP contribution in [0.4, 0.5) is 5.82 Å². The number of anilines is 1. The van der Waals surface area contributed by atoms with Crippen LogP contribution in [0.5, 0.6) is 0 Å². The van der Waals surface area contributed by atoms with Gasteiger partial charge in [0, 0.05) is 30.8 Å². The summed E-state index contributed by atoms with van der Waals surface area (Å²) in [4.78, 5) is 13.5. The van der Waals surface area contributed by atoms with Crippen molar-refractivity contribution in [1.82, 2.24) is 15.0 Å². The van der Waals surface area contributed by atoms with E-state index >= 15 is 0 Å². The molecule has 0 radical (unpaired) electrons. The van der Waals surface area contributed by atoms with Gasteiger partial charge in [-0.3, -0.25) is 4.98 Å². The minimum Gasteiger partial charge on any atom is -0.369 e. The van der Waals surface area contributed by atoms with Crippen molar-refractivity contribution >= 4 is 28.4 Å². The molecule has 2 rings (SSSR count). The summed E-state index contributed by atoms with van der Waals surface area (Å²) in [5.74, 6) is 1.78. The molecule has 1 N–H and O–H groups in total. The molecule has 0 spiro atoms. The largest absolute Gasteiger partial charge is 0.369 e. The first-order chi connectivity index (χ1) is 9.91. The molecular weight excluding hydrogens is 375 g/mol. The van der Waals surface area contributed by atoms with Crippen LogP contribution in [0.25, 0.3) is 0 Å². The van der Waals surface area contributed by atoms with Crippen LogP contribution in [-0.2, 0) is 11.8 Å². The highest BCUT2D eigenvalue weighted by molar-refractivity contribution is 14.1. The zero-order chi connectivity index (χ0) is 15.5. The Bertz CT molecular complexity index is 606. The molecule has 21 heavy (non-hydrogen) atoms. The Balaban J connectivity index is 2.44.